The number of nitrogens with two attached hydrogens (primary N) is 1. The Bertz CT molecular complexity index is 212. The van der Waals surface area contributed by atoms with E-state index >= 15 is 0 Å². The molecule has 3 N–H and O–H groups in total. The summed E-state index contributed by atoms with van der Waals surface area (Å²) in [7, 11) is -2.94. The van der Waals surface area contributed by atoms with E-state index in [-0.39, 0.29) is 11.3 Å². The Morgan fingerprint density at radius 2 is 2.10 bits per heavy atom. The zero-order chi connectivity index (χ0) is 7.78. The van der Waals surface area contributed by atoms with Crippen molar-refractivity contribution in [3.63, 3.8) is 0 Å². The number of rotatable bonds is 1. The number of hydrogen-bond donors (Lipinski definition) is 2. The van der Waals surface area contributed by atoms with Gasteiger partial charge in [0, 0.05) is 25.4 Å². The molecule has 0 spiro atoms. The molecule has 0 unspecified atom stereocenters. The van der Waals surface area contributed by atoms with Crippen molar-refractivity contribution >= 4 is 9.84 Å². The lowest BCUT2D eigenvalue weighted by molar-refractivity contribution is 0.581. The molecule has 0 saturated carbocycles. The molecule has 0 radical (unpaired) electrons. The Balaban J connectivity index is 2.74. The van der Waals surface area contributed by atoms with Crippen LogP contribution in [0.4, 0.5) is 0 Å². The van der Waals surface area contributed by atoms with Crippen molar-refractivity contribution in [3.8, 4) is 0 Å². The zero-order valence-corrected chi connectivity index (χ0v) is 6.69. The van der Waals surface area contributed by atoms with Gasteiger partial charge < -0.3 is 11.1 Å². The van der Waals surface area contributed by atoms with Crippen molar-refractivity contribution in [3.05, 3.63) is 0 Å². The fourth-order valence-electron chi connectivity index (χ4n) is 1.14. The lowest BCUT2D eigenvalue weighted by atomic mass is 10.3. The van der Waals surface area contributed by atoms with Crippen molar-refractivity contribution in [2.45, 2.75) is 11.3 Å². The van der Waals surface area contributed by atoms with Crippen LogP contribution in [0, 0.1) is 0 Å². The molecular formula is C5H12N2O2S. The maximum absolute atomic E-state index is 10.9. The molecule has 0 bridgehead atoms. The highest BCUT2D eigenvalue weighted by molar-refractivity contribution is 7.91. The molecule has 0 aromatic rings. The molecule has 1 fully saturated rings. The maximum atomic E-state index is 10.9. The van der Waals surface area contributed by atoms with Gasteiger partial charge in [-0.3, -0.25) is 0 Å². The first-order chi connectivity index (χ1) is 4.52. The Hall–Kier alpha value is -0.130. The number of nitrogens with one attached hydrogen (secondary N) is 1. The third kappa shape index (κ3) is 1.47. The van der Waals surface area contributed by atoms with Gasteiger partial charge in [0.2, 0.25) is 0 Å². The lowest BCUT2D eigenvalue weighted by Crippen LogP contribution is -2.38. The fraction of sp³-hybridized carbons (Fsp3) is 1.00. The SMILES string of the molecule is CS(=O)(=O)[C@@H]1CNC[C@H]1N. The van der Waals surface area contributed by atoms with Crippen LogP contribution in [-0.4, -0.2) is 39.1 Å². The van der Waals surface area contributed by atoms with Crippen molar-refractivity contribution in [2.24, 2.45) is 5.73 Å². The summed E-state index contributed by atoms with van der Waals surface area (Å²) in [4.78, 5) is 0. The first-order valence-electron chi connectivity index (χ1n) is 3.17. The molecule has 0 aliphatic carbocycles. The standard InChI is InChI=1S/C5H12N2O2S/c1-10(8,9)5-3-7-2-4(5)6/h4-5,7H,2-3,6H2,1H3/t4-,5-/m1/s1. The van der Waals surface area contributed by atoms with Crippen LogP contribution in [0.15, 0.2) is 0 Å². The van der Waals surface area contributed by atoms with Gasteiger partial charge in [-0.15, -0.1) is 0 Å². The van der Waals surface area contributed by atoms with Gasteiger partial charge in [0.1, 0.15) is 0 Å². The lowest BCUT2D eigenvalue weighted by Gasteiger charge is -2.10. The van der Waals surface area contributed by atoms with E-state index in [0.717, 1.165) is 0 Å². The smallest absolute Gasteiger partial charge is 0.153 e. The third-order valence-electron chi connectivity index (χ3n) is 1.75. The molecular weight excluding hydrogens is 152 g/mol. The van der Waals surface area contributed by atoms with E-state index in [1.807, 2.05) is 0 Å². The Morgan fingerprint density at radius 1 is 1.50 bits per heavy atom. The molecule has 1 rings (SSSR count). The van der Waals surface area contributed by atoms with Crippen LogP contribution in [0.3, 0.4) is 0 Å². The van der Waals surface area contributed by atoms with Crippen LogP contribution in [0.1, 0.15) is 0 Å². The molecule has 0 aromatic heterocycles. The summed E-state index contributed by atoms with van der Waals surface area (Å²) >= 11 is 0. The van der Waals surface area contributed by atoms with E-state index in [1.165, 1.54) is 6.26 Å². The molecule has 0 aromatic carbocycles. The first kappa shape index (κ1) is 7.97. The van der Waals surface area contributed by atoms with Gasteiger partial charge in [-0.2, -0.15) is 0 Å². The zero-order valence-electron chi connectivity index (χ0n) is 5.87. The maximum Gasteiger partial charge on any atom is 0.153 e. The van der Waals surface area contributed by atoms with Gasteiger partial charge in [0.15, 0.2) is 9.84 Å². The van der Waals surface area contributed by atoms with Crippen LogP contribution in [0.25, 0.3) is 0 Å². The molecule has 10 heavy (non-hydrogen) atoms. The summed E-state index contributed by atoms with van der Waals surface area (Å²) in [6.45, 7) is 1.11. The van der Waals surface area contributed by atoms with Crippen LogP contribution in [-0.2, 0) is 9.84 Å². The molecule has 1 saturated heterocycles. The second-order valence-corrected chi connectivity index (χ2v) is 4.95. The highest BCUT2D eigenvalue weighted by Gasteiger charge is 2.31. The first-order valence-corrected chi connectivity index (χ1v) is 5.12. The van der Waals surface area contributed by atoms with Gasteiger partial charge in [0.05, 0.1) is 5.25 Å². The second kappa shape index (κ2) is 2.48. The molecule has 60 valence electrons. The summed E-state index contributed by atoms with van der Waals surface area (Å²) in [5, 5.41) is 2.54. The van der Waals surface area contributed by atoms with Crippen molar-refractivity contribution in [2.75, 3.05) is 19.3 Å². The van der Waals surface area contributed by atoms with E-state index in [2.05, 4.69) is 5.32 Å². The minimum atomic E-state index is -2.94. The van der Waals surface area contributed by atoms with Crippen molar-refractivity contribution in [1.29, 1.82) is 0 Å². The van der Waals surface area contributed by atoms with E-state index in [4.69, 9.17) is 5.73 Å². The van der Waals surface area contributed by atoms with Gasteiger partial charge in [0.25, 0.3) is 0 Å². The summed E-state index contributed by atoms with van der Waals surface area (Å²) in [6.07, 6.45) is 1.23. The molecule has 4 nitrogen and oxygen atoms in total. The van der Waals surface area contributed by atoms with Gasteiger partial charge >= 0.3 is 0 Å². The Labute approximate surface area is 60.7 Å². The molecule has 2 atom stereocenters. The highest BCUT2D eigenvalue weighted by atomic mass is 32.2. The van der Waals surface area contributed by atoms with E-state index in [9.17, 15) is 8.42 Å². The van der Waals surface area contributed by atoms with Crippen LogP contribution < -0.4 is 11.1 Å². The summed E-state index contributed by atoms with van der Waals surface area (Å²) in [6, 6.07) is -0.227. The van der Waals surface area contributed by atoms with Crippen molar-refractivity contribution < 1.29 is 8.42 Å². The summed E-state index contributed by atoms with van der Waals surface area (Å²) in [5.74, 6) is 0. The summed E-state index contributed by atoms with van der Waals surface area (Å²) < 4.78 is 21.8. The molecule has 1 heterocycles. The van der Waals surface area contributed by atoms with Crippen LogP contribution >= 0.6 is 0 Å². The topological polar surface area (TPSA) is 72.2 Å². The Kier molecular flexibility index (Phi) is 1.98. The second-order valence-electron chi connectivity index (χ2n) is 2.69. The number of hydrogen-bond acceptors (Lipinski definition) is 4. The largest absolute Gasteiger partial charge is 0.325 e. The van der Waals surface area contributed by atoms with E-state index < -0.39 is 9.84 Å². The predicted molar refractivity (Wildman–Crippen MR) is 39.5 cm³/mol. The average Bonchev–Trinajstić information content (AvgIpc) is 2.11. The van der Waals surface area contributed by atoms with Crippen LogP contribution in [0.5, 0.6) is 0 Å². The normalized spacial score (nSPS) is 34.6. The third-order valence-corrected chi connectivity index (χ3v) is 3.37. The molecule has 0 amide bonds. The monoisotopic (exact) mass is 164 g/mol. The minimum Gasteiger partial charge on any atom is -0.325 e. The molecule has 1 aliphatic heterocycles. The summed E-state index contributed by atoms with van der Waals surface area (Å²) in [5.41, 5.74) is 5.52. The molecule has 1 aliphatic rings. The van der Waals surface area contributed by atoms with Gasteiger partial charge in [-0.1, -0.05) is 0 Å². The average molecular weight is 164 g/mol. The highest BCUT2D eigenvalue weighted by Crippen LogP contribution is 2.06. The van der Waals surface area contributed by atoms with E-state index in [0.29, 0.717) is 13.1 Å². The van der Waals surface area contributed by atoms with Gasteiger partial charge in [-0.05, 0) is 0 Å². The quantitative estimate of drug-likeness (QED) is 0.486. The van der Waals surface area contributed by atoms with Gasteiger partial charge in [-0.25, -0.2) is 8.42 Å². The fourth-order valence-corrected chi connectivity index (χ4v) is 2.30. The minimum absolute atomic E-state index is 0.227. The number of sulfone groups is 1. The predicted octanol–water partition coefficient (Wildman–Crippen LogP) is -1.67. The van der Waals surface area contributed by atoms with E-state index in [1.54, 1.807) is 0 Å². The van der Waals surface area contributed by atoms with Crippen LogP contribution in [0.2, 0.25) is 0 Å². The molecule has 5 heteroatoms. The Morgan fingerprint density at radius 3 is 2.30 bits per heavy atom. The van der Waals surface area contributed by atoms with Crippen molar-refractivity contribution in [1.82, 2.24) is 5.32 Å².